The van der Waals surface area contributed by atoms with Crippen LogP contribution in [0.1, 0.15) is 44.6 Å². The van der Waals surface area contributed by atoms with Crippen LogP contribution in [0.2, 0.25) is 0 Å². The van der Waals surface area contributed by atoms with Gasteiger partial charge in [-0.3, -0.25) is 4.57 Å². The maximum atomic E-state index is 12.3. The fourth-order valence-corrected chi connectivity index (χ4v) is 4.37. The zero-order chi connectivity index (χ0) is 15.8. The number of aromatic nitrogens is 2. The minimum absolute atomic E-state index is 0. The van der Waals surface area contributed by atoms with Crippen molar-refractivity contribution in [3.05, 3.63) is 34.7 Å². The Morgan fingerprint density at radius 1 is 0.958 bits per heavy atom. The number of nitrogens with one attached hydrogen (secondary N) is 1. The van der Waals surface area contributed by atoms with Gasteiger partial charge in [-0.1, -0.05) is 12.1 Å². The van der Waals surface area contributed by atoms with E-state index < -0.39 is 0 Å². The molecule has 0 atom stereocenters. The zero-order valence-corrected chi connectivity index (χ0v) is 14.7. The molecular formula is C18H26ClN3O2. The molecule has 1 saturated heterocycles. The molecular weight excluding hydrogens is 326 g/mol. The van der Waals surface area contributed by atoms with Gasteiger partial charge in [0, 0.05) is 25.2 Å². The number of nitrogens with zero attached hydrogens (tertiary/aromatic N) is 2. The SMILES string of the molecule is Cl.O=c1[nH]c2ccccc2n1C1CCN(C2CCC(O)CC2)CC1. The van der Waals surface area contributed by atoms with Crippen molar-refractivity contribution in [2.24, 2.45) is 0 Å². The molecule has 0 radical (unpaired) electrons. The predicted octanol–water partition coefficient (Wildman–Crippen LogP) is 2.69. The molecule has 24 heavy (non-hydrogen) atoms. The number of aliphatic hydroxyl groups is 1. The number of rotatable bonds is 2. The van der Waals surface area contributed by atoms with Crippen LogP contribution >= 0.6 is 12.4 Å². The molecule has 6 heteroatoms. The van der Waals surface area contributed by atoms with Crippen LogP contribution in [0.25, 0.3) is 11.0 Å². The normalized spacial score (nSPS) is 26.4. The molecule has 132 valence electrons. The summed E-state index contributed by atoms with van der Waals surface area (Å²) in [5, 5.41) is 9.66. The van der Waals surface area contributed by atoms with Crippen LogP contribution < -0.4 is 5.69 Å². The first-order valence-electron chi connectivity index (χ1n) is 8.84. The fourth-order valence-electron chi connectivity index (χ4n) is 4.37. The van der Waals surface area contributed by atoms with E-state index in [4.69, 9.17) is 0 Å². The molecule has 1 aliphatic carbocycles. The van der Waals surface area contributed by atoms with E-state index in [2.05, 4.69) is 9.88 Å². The average molecular weight is 352 g/mol. The molecule has 1 saturated carbocycles. The van der Waals surface area contributed by atoms with Crippen molar-refractivity contribution >= 4 is 23.4 Å². The molecule has 1 aliphatic heterocycles. The smallest absolute Gasteiger partial charge is 0.326 e. The van der Waals surface area contributed by atoms with E-state index >= 15 is 0 Å². The lowest BCUT2D eigenvalue weighted by molar-refractivity contribution is 0.0571. The Morgan fingerprint density at radius 3 is 2.33 bits per heavy atom. The minimum atomic E-state index is -0.0893. The van der Waals surface area contributed by atoms with Gasteiger partial charge in [-0.15, -0.1) is 12.4 Å². The first-order chi connectivity index (χ1) is 11.2. The summed E-state index contributed by atoms with van der Waals surface area (Å²) in [6.45, 7) is 2.11. The van der Waals surface area contributed by atoms with Crippen molar-refractivity contribution in [3.8, 4) is 0 Å². The molecule has 4 rings (SSSR count). The molecule has 0 amide bonds. The molecule has 2 heterocycles. The number of likely N-dealkylation sites (tertiary alicyclic amines) is 1. The lowest BCUT2D eigenvalue weighted by Crippen LogP contribution is -2.44. The monoisotopic (exact) mass is 351 g/mol. The Bertz CT molecular complexity index is 725. The third-order valence-electron chi connectivity index (χ3n) is 5.67. The third kappa shape index (κ3) is 3.25. The van der Waals surface area contributed by atoms with Gasteiger partial charge in [-0.05, 0) is 50.7 Å². The van der Waals surface area contributed by atoms with E-state index in [1.165, 1.54) is 0 Å². The summed E-state index contributed by atoms with van der Waals surface area (Å²) < 4.78 is 1.96. The van der Waals surface area contributed by atoms with Gasteiger partial charge in [0.25, 0.3) is 0 Å². The standard InChI is InChI=1S/C18H25N3O2.ClH/c22-15-7-5-13(6-8-15)20-11-9-14(10-12-20)21-17-4-2-1-3-16(17)19-18(21)23;/h1-4,13-15,22H,5-12H2,(H,19,23);1H. The number of benzene rings is 1. The Morgan fingerprint density at radius 2 is 1.62 bits per heavy atom. The van der Waals surface area contributed by atoms with Crippen LogP contribution in [0.5, 0.6) is 0 Å². The van der Waals surface area contributed by atoms with Gasteiger partial charge < -0.3 is 15.0 Å². The van der Waals surface area contributed by atoms with Gasteiger partial charge in [-0.2, -0.15) is 0 Å². The van der Waals surface area contributed by atoms with Crippen molar-refractivity contribution in [2.75, 3.05) is 13.1 Å². The van der Waals surface area contributed by atoms with E-state index in [0.29, 0.717) is 12.1 Å². The van der Waals surface area contributed by atoms with E-state index in [1.54, 1.807) is 0 Å². The number of piperidine rings is 1. The van der Waals surface area contributed by atoms with Crippen molar-refractivity contribution in [2.45, 2.75) is 56.7 Å². The van der Waals surface area contributed by atoms with Crippen molar-refractivity contribution in [1.82, 2.24) is 14.5 Å². The number of hydrogen-bond acceptors (Lipinski definition) is 3. The van der Waals surface area contributed by atoms with Crippen molar-refractivity contribution < 1.29 is 5.11 Å². The van der Waals surface area contributed by atoms with Crippen molar-refractivity contribution in [1.29, 1.82) is 0 Å². The molecule has 2 fully saturated rings. The highest BCUT2D eigenvalue weighted by Gasteiger charge is 2.29. The van der Waals surface area contributed by atoms with Crippen LogP contribution in [0.3, 0.4) is 0 Å². The number of imidazole rings is 1. The van der Waals surface area contributed by atoms with Crippen molar-refractivity contribution in [3.63, 3.8) is 0 Å². The number of para-hydroxylation sites is 2. The lowest BCUT2D eigenvalue weighted by Gasteiger charge is -2.40. The molecule has 0 unspecified atom stereocenters. The average Bonchev–Trinajstić information content (AvgIpc) is 2.91. The number of H-pyrrole nitrogens is 1. The van der Waals surface area contributed by atoms with Gasteiger partial charge in [-0.25, -0.2) is 4.79 Å². The van der Waals surface area contributed by atoms with E-state index in [9.17, 15) is 9.90 Å². The Kier molecular flexibility index (Phi) is 5.33. The maximum Gasteiger partial charge on any atom is 0.326 e. The van der Waals surface area contributed by atoms with Gasteiger partial charge in [0.2, 0.25) is 0 Å². The molecule has 1 aromatic heterocycles. The first kappa shape index (κ1) is 17.5. The van der Waals surface area contributed by atoms with Crippen LogP contribution in [-0.2, 0) is 0 Å². The highest BCUT2D eigenvalue weighted by Crippen LogP contribution is 2.30. The summed E-state index contributed by atoms with van der Waals surface area (Å²) in [5.41, 5.74) is 1.98. The number of fused-ring (bicyclic) bond motifs is 1. The van der Waals surface area contributed by atoms with Gasteiger partial charge >= 0.3 is 5.69 Å². The van der Waals surface area contributed by atoms with Crippen LogP contribution in [0, 0.1) is 0 Å². The Balaban J connectivity index is 0.00000169. The number of aromatic amines is 1. The maximum absolute atomic E-state index is 12.3. The highest BCUT2D eigenvalue weighted by molar-refractivity contribution is 5.85. The van der Waals surface area contributed by atoms with Crippen LogP contribution in [0.15, 0.2) is 29.1 Å². The molecule has 0 spiro atoms. The predicted molar refractivity (Wildman–Crippen MR) is 97.9 cm³/mol. The largest absolute Gasteiger partial charge is 0.393 e. The second kappa shape index (κ2) is 7.30. The molecule has 1 aromatic carbocycles. The van der Waals surface area contributed by atoms with Gasteiger partial charge in [0.15, 0.2) is 0 Å². The topological polar surface area (TPSA) is 61.3 Å². The first-order valence-corrected chi connectivity index (χ1v) is 8.84. The highest BCUT2D eigenvalue weighted by atomic mass is 35.5. The quantitative estimate of drug-likeness (QED) is 0.874. The van der Waals surface area contributed by atoms with E-state index in [-0.39, 0.29) is 24.2 Å². The van der Waals surface area contributed by atoms with Crippen LogP contribution in [-0.4, -0.2) is 44.8 Å². The number of aliphatic hydroxyl groups excluding tert-OH is 1. The summed E-state index contributed by atoms with van der Waals surface area (Å²) in [6, 6.07) is 8.87. The zero-order valence-electron chi connectivity index (χ0n) is 13.9. The Labute approximate surface area is 148 Å². The van der Waals surface area contributed by atoms with Crippen LogP contribution in [0.4, 0.5) is 0 Å². The molecule has 2 aromatic rings. The summed E-state index contributed by atoms with van der Waals surface area (Å²) >= 11 is 0. The summed E-state index contributed by atoms with van der Waals surface area (Å²) in [5.74, 6) is 0. The summed E-state index contributed by atoms with van der Waals surface area (Å²) in [7, 11) is 0. The van der Waals surface area contributed by atoms with E-state index in [1.807, 2.05) is 28.8 Å². The summed E-state index contributed by atoms with van der Waals surface area (Å²) in [4.78, 5) is 17.9. The summed E-state index contributed by atoms with van der Waals surface area (Å²) in [6.07, 6.45) is 6.06. The molecule has 2 N–H and O–H groups in total. The van der Waals surface area contributed by atoms with Gasteiger partial charge in [0.05, 0.1) is 17.1 Å². The molecule has 0 bridgehead atoms. The van der Waals surface area contributed by atoms with Gasteiger partial charge in [0.1, 0.15) is 0 Å². The number of halogens is 1. The Hall–Kier alpha value is -1.30. The number of hydrogen-bond donors (Lipinski definition) is 2. The third-order valence-corrected chi connectivity index (χ3v) is 5.67. The minimum Gasteiger partial charge on any atom is -0.393 e. The second-order valence-electron chi connectivity index (χ2n) is 7.05. The van der Waals surface area contributed by atoms with E-state index in [0.717, 1.165) is 62.6 Å². The molecule has 5 nitrogen and oxygen atoms in total. The lowest BCUT2D eigenvalue weighted by atomic mass is 9.90. The second-order valence-corrected chi connectivity index (χ2v) is 7.05. The molecule has 2 aliphatic rings. The fraction of sp³-hybridized carbons (Fsp3) is 0.611.